The minimum absolute atomic E-state index is 0.236. The number of benzene rings is 1. The molecule has 0 aliphatic rings. The lowest BCUT2D eigenvalue weighted by molar-refractivity contribution is 0.405. The zero-order chi connectivity index (χ0) is 13.0. The van der Waals surface area contributed by atoms with Gasteiger partial charge in [0.1, 0.15) is 5.82 Å². The smallest absolute Gasteiger partial charge is 0.123 e. The highest BCUT2D eigenvalue weighted by molar-refractivity contribution is 5.52. The Kier molecular flexibility index (Phi) is 4.46. The number of allylic oxidation sites excluding steroid dienone is 2. The van der Waals surface area contributed by atoms with Crippen molar-refractivity contribution in [2.45, 2.75) is 13.8 Å². The monoisotopic (exact) mass is 234 g/mol. The standard InChI is InChI=1S/C14H19FN2/c1-11(2)10-12(3)17(16(4)5)14-8-6-13(15)7-9-14/h6-10H,3H2,1-2,4-5H3. The fourth-order valence-corrected chi connectivity index (χ4v) is 1.63. The minimum atomic E-state index is -0.236. The molecule has 1 rings (SSSR count). The third-order valence-electron chi connectivity index (χ3n) is 2.20. The van der Waals surface area contributed by atoms with E-state index in [2.05, 4.69) is 6.58 Å². The minimum Gasteiger partial charge on any atom is -0.276 e. The summed E-state index contributed by atoms with van der Waals surface area (Å²) in [6.45, 7) is 8.06. The highest BCUT2D eigenvalue weighted by Gasteiger charge is 2.11. The molecule has 0 bridgehead atoms. The number of halogens is 1. The van der Waals surface area contributed by atoms with Gasteiger partial charge in [0, 0.05) is 14.1 Å². The molecule has 0 radical (unpaired) electrons. The molecule has 0 amide bonds. The van der Waals surface area contributed by atoms with E-state index in [9.17, 15) is 4.39 Å². The summed E-state index contributed by atoms with van der Waals surface area (Å²) >= 11 is 0. The lowest BCUT2D eigenvalue weighted by Gasteiger charge is -2.31. The zero-order valence-electron chi connectivity index (χ0n) is 10.9. The molecule has 0 saturated carbocycles. The van der Waals surface area contributed by atoms with Crippen molar-refractivity contribution in [1.29, 1.82) is 0 Å². The summed E-state index contributed by atoms with van der Waals surface area (Å²) in [5.41, 5.74) is 2.91. The van der Waals surface area contributed by atoms with Crippen LogP contribution in [0.2, 0.25) is 0 Å². The number of hydrazine groups is 1. The van der Waals surface area contributed by atoms with E-state index in [0.29, 0.717) is 0 Å². The molecule has 0 N–H and O–H groups in total. The second-order valence-electron chi connectivity index (χ2n) is 4.35. The molecule has 92 valence electrons. The van der Waals surface area contributed by atoms with Gasteiger partial charge >= 0.3 is 0 Å². The molecular weight excluding hydrogens is 215 g/mol. The molecule has 17 heavy (non-hydrogen) atoms. The Labute approximate surface area is 103 Å². The second-order valence-corrected chi connectivity index (χ2v) is 4.35. The Morgan fingerprint density at radius 3 is 2.12 bits per heavy atom. The summed E-state index contributed by atoms with van der Waals surface area (Å²) in [4.78, 5) is 0. The summed E-state index contributed by atoms with van der Waals surface area (Å²) in [5.74, 6) is -0.236. The van der Waals surface area contributed by atoms with Crippen LogP contribution in [0.4, 0.5) is 10.1 Å². The first kappa shape index (κ1) is 13.5. The molecule has 0 saturated heterocycles. The first-order valence-electron chi connectivity index (χ1n) is 5.48. The summed E-state index contributed by atoms with van der Waals surface area (Å²) in [7, 11) is 3.85. The highest BCUT2D eigenvalue weighted by atomic mass is 19.1. The molecule has 0 atom stereocenters. The van der Waals surface area contributed by atoms with Crippen molar-refractivity contribution in [3.05, 3.63) is 54.0 Å². The van der Waals surface area contributed by atoms with E-state index in [1.807, 2.05) is 44.0 Å². The van der Waals surface area contributed by atoms with Crippen LogP contribution in [0.3, 0.4) is 0 Å². The maximum Gasteiger partial charge on any atom is 0.123 e. The maximum atomic E-state index is 12.9. The van der Waals surface area contributed by atoms with Crippen LogP contribution in [-0.4, -0.2) is 19.1 Å². The van der Waals surface area contributed by atoms with Crippen molar-refractivity contribution in [2.24, 2.45) is 0 Å². The van der Waals surface area contributed by atoms with Crippen LogP contribution in [0.15, 0.2) is 48.2 Å². The average Bonchev–Trinajstić information content (AvgIpc) is 2.19. The number of hydrogen-bond acceptors (Lipinski definition) is 2. The Bertz CT molecular complexity index is 414. The van der Waals surface area contributed by atoms with Crippen LogP contribution >= 0.6 is 0 Å². The van der Waals surface area contributed by atoms with Gasteiger partial charge in [0.15, 0.2) is 0 Å². The van der Waals surface area contributed by atoms with Gasteiger partial charge in [-0.05, 0) is 44.2 Å². The van der Waals surface area contributed by atoms with Crippen molar-refractivity contribution in [1.82, 2.24) is 5.01 Å². The van der Waals surface area contributed by atoms with Gasteiger partial charge in [-0.1, -0.05) is 12.2 Å². The molecule has 0 aromatic heterocycles. The lowest BCUT2D eigenvalue weighted by atomic mass is 10.2. The first-order chi connectivity index (χ1) is 7.91. The number of nitrogens with zero attached hydrogens (tertiary/aromatic N) is 2. The fourth-order valence-electron chi connectivity index (χ4n) is 1.63. The van der Waals surface area contributed by atoms with Crippen molar-refractivity contribution in [3.63, 3.8) is 0 Å². The molecule has 1 aromatic rings. The Balaban J connectivity index is 3.05. The van der Waals surface area contributed by atoms with Crippen molar-refractivity contribution in [3.8, 4) is 0 Å². The SMILES string of the molecule is C=C(C=C(C)C)N(c1ccc(F)cc1)N(C)C. The van der Waals surface area contributed by atoms with E-state index in [-0.39, 0.29) is 5.82 Å². The van der Waals surface area contributed by atoms with Gasteiger partial charge in [-0.15, -0.1) is 0 Å². The summed E-state index contributed by atoms with van der Waals surface area (Å²) in [6, 6.07) is 6.36. The fraction of sp³-hybridized carbons (Fsp3) is 0.286. The second kappa shape index (κ2) is 5.64. The van der Waals surface area contributed by atoms with Crippen molar-refractivity contribution >= 4 is 5.69 Å². The van der Waals surface area contributed by atoms with Crippen LogP contribution < -0.4 is 5.01 Å². The predicted octanol–water partition coefficient (Wildman–Crippen LogP) is 3.59. The molecule has 0 heterocycles. The Hall–Kier alpha value is -1.61. The molecule has 0 aliphatic carbocycles. The van der Waals surface area contributed by atoms with Gasteiger partial charge in [-0.2, -0.15) is 0 Å². The summed E-state index contributed by atoms with van der Waals surface area (Å²) < 4.78 is 12.9. The predicted molar refractivity (Wildman–Crippen MR) is 71.1 cm³/mol. The van der Waals surface area contributed by atoms with Gasteiger partial charge in [-0.3, -0.25) is 5.01 Å². The topological polar surface area (TPSA) is 6.48 Å². The average molecular weight is 234 g/mol. The van der Waals surface area contributed by atoms with E-state index in [4.69, 9.17) is 0 Å². The van der Waals surface area contributed by atoms with Gasteiger partial charge in [-0.25, -0.2) is 9.40 Å². The Morgan fingerprint density at radius 2 is 1.71 bits per heavy atom. The van der Waals surface area contributed by atoms with E-state index in [1.165, 1.54) is 17.7 Å². The molecule has 0 aliphatic heterocycles. The van der Waals surface area contributed by atoms with E-state index in [0.717, 1.165) is 11.4 Å². The largest absolute Gasteiger partial charge is 0.276 e. The van der Waals surface area contributed by atoms with Gasteiger partial charge in [0.05, 0.1) is 11.4 Å². The maximum absolute atomic E-state index is 12.9. The molecule has 1 aromatic carbocycles. The van der Waals surface area contributed by atoms with Crippen LogP contribution in [0.25, 0.3) is 0 Å². The van der Waals surface area contributed by atoms with Crippen molar-refractivity contribution < 1.29 is 4.39 Å². The number of hydrogen-bond donors (Lipinski definition) is 0. The molecule has 0 spiro atoms. The van der Waals surface area contributed by atoms with Crippen LogP contribution in [-0.2, 0) is 0 Å². The number of rotatable bonds is 4. The highest BCUT2D eigenvalue weighted by Crippen LogP contribution is 2.21. The van der Waals surface area contributed by atoms with Gasteiger partial charge in [0.25, 0.3) is 0 Å². The van der Waals surface area contributed by atoms with E-state index < -0.39 is 0 Å². The van der Waals surface area contributed by atoms with E-state index >= 15 is 0 Å². The van der Waals surface area contributed by atoms with Gasteiger partial charge < -0.3 is 0 Å². The Morgan fingerprint density at radius 1 is 1.18 bits per heavy atom. The molecule has 0 unspecified atom stereocenters. The van der Waals surface area contributed by atoms with Crippen LogP contribution in [0.1, 0.15) is 13.8 Å². The quantitative estimate of drug-likeness (QED) is 0.580. The van der Waals surface area contributed by atoms with Gasteiger partial charge in [0.2, 0.25) is 0 Å². The molecule has 3 heteroatoms. The normalized spacial score (nSPS) is 10.2. The molecule has 0 fully saturated rings. The molecule has 2 nitrogen and oxygen atoms in total. The zero-order valence-corrected chi connectivity index (χ0v) is 10.9. The summed E-state index contributed by atoms with van der Waals surface area (Å²) in [6.07, 6.45) is 1.99. The van der Waals surface area contributed by atoms with E-state index in [1.54, 1.807) is 12.1 Å². The number of anilines is 1. The first-order valence-corrected chi connectivity index (χ1v) is 5.48. The van der Waals surface area contributed by atoms with Crippen LogP contribution in [0, 0.1) is 5.82 Å². The third kappa shape index (κ3) is 3.71. The third-order valence-corrected chi connectivity index (χ3v) is 2.20. The molecular formula is C14H19FN2. The van der Waals surface area contributed by atoms with Crippen LogP contribution in [0.5, 0.6) is 0 Å². The van der Waals surface area contributed by atoms with Crippen molar-refractivity contribution in [2.75, 3.05) is 19.1 Å². The summed E-state index contributed by atoms with van der Waals surface area (Å²) in [5, 5.41) is 3.83. The lowest BCUT2D eigenvalue weighted by Crippen LogP contribution is -2.35.